The van der Waals surface area contributed by atoms with Crippen LogP contribution in [0.2, 0.25) is 0 Å². The van der Waals surface area contributed by atoms with Crippen molar-refractivity contribution in [1.82, 2.24) is 9.47 Å². The summed E-state index contributed by atoms with van der Waals surface area (Å²) in [5, 5.41) is 0. The number of hydrogen-bond acceptors (Lipinski definition) is 6. The Kier molecular flexibility index (Phi) is 7.35. The summed E-state index contributed by atoms with van der Waals surface area (Å²) < 4.78 is 17.4. The average molecular weight is 443 g/mol. The molecule has 1 aromatic carbocycles. The number of carbonyl (C=O) groups is 3. The summed E-state index contributed by atoms with van der Waals surface area (Å²) in [4.78, 5) is 40.4. The molecule has 0 saturated carbocycles. The molecule has 1 aromatic heterocycles. The van der Waals surface area contributed by atoms with Crippen LogP contribution in [0.1, 0.15) is 55.3 Å². The van der Waals surface area contributed by atoms with Crippen molar-refractivity contribution in [3.8, 4) is 5.75 Å². The highest BCUT2D eigenvalue weighted by atomic mass is 16.5. The number of Topliss-reactive ketones (excluding diaryl/α,β-unsaturated/α-hetero) is 1. The predicted molar refractivity (Wildman–Crippen MR) is 118 cm³/mol. The minimum atomic E-state index is -0.502. The van der Waals surface area contributed by atoms with Crippen LogP contribution in [0.5, 0.6) is 5.75 Å². The van der Waals surface area contributed by atoms with Gasteiger partial charge in [-0.2, -0.15) is 0 Å². The number of aromatic nitrogens is 1. The first kappa shape index (κ1) is 23.5. The third-order valence-corrected chi connectivity index (χ3v) is 5.99. The van der Waals surface area contributed by atoms with Gasteiger partial charge in [0.05, 0.1) is 26.9 Å². The highest BCUT2D eigenvalue weighted by molar-refractivity contribution is 6.06. The lowest BCUT2D eigenvalue weighted by Gasteiger charge is -2.25. The van der Waals surface area contributed by atoms with Gasteiger partial charge >= 0.3 is 5.97 Å². The maximum absolute atomic E-state index is 13.4. The highest BCUT2D eigenvalue weighted by Gasteiger charge is 2.29. The summed E-state index contributed by atoms with van der Waals surface area (Å²) in [5.74, 6) is -0.339. The van der Waals surface area contributed by atoms with E-state index in [0.29, 0.717) is 47.0 Å². The Morgan fingerprint density at radius 2 is 1.84 bits per heavy atom. The lowest BCUT2D eigenvalue weighted by molar-refractivity contribution is 0.0506. The number of esters is 1. The van der Waals surface area contributed by atoms with Crippen LogP contribution in [0.3, 0.4) is 0 Å². The molecular formula is C24H30N2O6. The first-order valence-corrected chi connectivity index (χ1v) is 10.6. The van der Waals surface area contributed by atoms with E-state index in [9.17, 15) is 14.4 Å². The third-order valence-electron chi connectivity index (χ3n) is 5.99. The molecule has 2 heterocycles. The van der Waals surface area contributed by atoms with Gasteiger partial charge in [-0.3, -0.25) is 9.59 Å². The molecule has 0 radical (unpaired) electrons. The van der Waals surface area contributed by atoms with E-state index < -0.39 is 5.97 Å². The second-order valence-electron chi connectivity index (χ2n) is 7.96. The van der Waals surface area contributed by atoms with E-state index >= 15 is 0 Å². The summed E-state index contributed by atoms with van der Waals surface area (Å²) in [5.41, 5.74) is 2.44. The van der Waals surface area contributed by atoms with Gasteiger partial charge in [0.15, 0.2) is 5.78 Å². The number of ether oxygens (including phenoxy) is 3. The Hall–Kier alpha value is -3.13. The number of benzene rings is 1. The molecule has 3 rings (SSSR count). The minimum Gasteiger partial charge on any atom is -0.497 e. The molecule has 1 saturated heterocycles. The molecule has 0 bridgehead atoms. The molecule has 172 valence electrons. The van der Waals surface area contributed by atoms with Gasteiger partial charge in [-0.25, -0.2) is 4.79 Å². The van der Waals surface area contributed by atoms with Crippen LogP contribution in [0, 0.1) is 13.8 Å². The van der Waals surface area contributed by atoms with Gasteiger partial charge in [-0.15, -0.1) is 0 Å². The summed E-state index contributed by atoms with van der Waals surface area (Å²) in [6, 6.07) is 6.80. The molecule has 8 nitrogen and oxygen atoms in total. The summed E-state index contributed by atoms with van der Waals surface area (Å²) in [7, 11) is 4.59. The number of nitrogens with zero attached hydrogens (tertiary/aromatic N) is 2. The van der Waals surface area contributed by atoms with E-state index in [-0.39, 0.29) is 24.3 Å². The maximum Gasteiger partial charge on any atom is 0.354 e. The van der Waals surface area contributed by atoms with E-state index in [1.165, 1.54) is 12.0 Å². The first-order valence-electron chi connectivity index (χ1n) is 10.6. The van der Waals surface area contributed by atoms with Crippen molar-refractivity contribution in [3.05, 3.63) is 52.3 Å². The van der Waals surface area contributed by atoms with Crippen LogP contribution in [-0.4, -0.2) is 67.1 Å². The lowest BCUT2D eigenvalue weighted by Crippen LogP contribution is -2.41. The van der Waals surface area contributed by atoms with Crippen molar-refractivity contribution in [2.24, 2.45) is 7.05 Å². The van der Waals surface area contributed by atoms with Gasteiger partial charge in [0.2, 0.25) is 0 Å². The lowest BCUT2D eigenvalue weighted by atomic mass is 10.0. The van der Waals surface area contributed by atoms with Crippen molar-refractivity contribution in [3.63, 3.8) is 0 Å². The first-order chi connectivity index (χ1) is 15.3. The van der Waals surface area contributed by atoms with Crippen LogP contribution in [-0.2, 0) is 16.5 Å². The molecule has 0 unspecified atom stereocenters. The van der Waals surface area contributed by atoms with E-state index in [1.807, 2.05) is 0 Å². The molecule has 1 atom stereocenters. The van der Waals surface area contributed by atoms with Gasteiger partial charge < -0.3 is 23.7 Å². The van der Waals surface area contributed by atoms with Gasteiger partial charge in [0.1, 0.15) is 11.4 Å². The van der Waals surface area contributed by atoms with E-state index in [0.717, 1.165) is 12.8 Å². The Labute approximate surface area is 188 Å². The predicted octanol–water partition coefficient (Wildman–Crippen LogP) is 2.94. The van der Waals surface area contributed by atoms with Gasteiger partial charge in [0.25, 0.3) is 5.91 Å². The van der Waals surface area contributed by atoms with Crippen LogP contribution in [0.4, 0.5) is 0 Å². The van der Waals surface area contributed by atoms with Crippen LogP contribution < -0.4 is 4.74 Å². The van der Waals surface area contributed by atoms with E-state index in [1.54, 1.807) is 56.8 Å². The number of amides is 1. The van der Waals surface area contributed by atoms with Gasteiger partial charge in [-0.1, -0.05) is 0 Å². The van der Waals surface area contributed by atoms with Crippen molar-refractivity contribution >= 4 is 17.7 Å². The second-order valence-corrected chi connectivity index (χ2v) is 7.96. The quantitative estimate of drug-likeness (QED) is 0.462. The second kappa shape index (κ2) is 9.99. The number of carbonyl (C=O) groups excluding carboxylic acids is 3. The smallest absolute Gasteiger partial charge is 0.354 e. The summed E-state index contributed by atoms with van der Waals surface area (Å²) in [6.45, 7) is 4.37. The van der Waals surface area contributed by atoms with E-state index in [4.69, 9.17) is 14.2 Å². The third kappa shape index (κ3) is 4.70. The standard InChI is InChI=1S/C24H30N2O6/c1-15-21(16(2)25(3)22(15)24(29)31-5)20(27)14-26(13-19-7-6-12-32-19)23(28)17-8-10-18(30-4)11-9-17/h8-11,19H,6-7,12-14H2,1-5H3/t19-/m0/s1. The van der Waals surface area contributed by atoms with Gasteiger partial charge in [-0.05, 0) is 56.5 Å². The number of ketones is 1. The Morgan fingerprint density at radius 3 is 2.41 bits per heavy atom. The van der Waals surface area contributed by atoms with Crippen LogP contribution in [0.25, 0.3) is 0 Å². The van der Waals surface area contributed by atoms with Crippen molar-refractivity contribution < 1.29 is 28.6 Å². The van der Waals surface area contributed by atoms with E-state index in [2.05, 4.69) is 0 Å². The number of hydrogen-bond donors (Lipinski definition) is 0. The fraction of sp³-hybridized carbons (Fsp3) is 0.458. The number of rotatable bonds is 8. The zero-order chi connectivity index (χ0) is 23.4. The van der Waals surface area contributed by atoms with Crippen LogP contribution in [0.15, 0.2) is 24.3 Å². The van der Waals surface area contributed by atoms with Crippen molar-refractivity contribution in [2.75, 3.05) is 33.9 Å². The maximum atomic E-state index is 13.4. The average Bonchev–Trinajstić information content (AvgIpc) is 3.38. The molecule has 1 aliphatic rings. The molecule has 32 heavy (non-hydrogen) atoms. The number of methoxy groups -OCH3 is 2. The molecule has 0 aliphatic carbocycles. The molecule has 1 fully saturated rings. The van der Waals surface area contributed by atoms with Crippen LogP contribution >= 0.6 is 0 Å². The van der Waals surface area contributed by atoms with Gasteiger partial charge in [0, 0.05) is 37.0 Å². The fourth-order valence-corrected chi connectivity index (χ4v) is 4.20. The topological polar surface area (TPSA) is 87.1 Å². The normalized spacial score (nSPS) is 15.5. The fourth-order valence-electron chi connectivity index (χ4n) is 4.20. The molecule has 1 amide bonds. The largest absolute Gasteiger partial charge is 0.497 e. The Bertz CT molecular complexity index is 1000. The molecular weight excluding hydrogens is 412 g/mol. The molecule has 0 N–H and O–H groups in total. The SMILES string of the molecule is COC(=O)c1c(C)c(C(=O)CN(C[C@@H]2CCCO2)C(=O)c2ccc(OC)cc2)c(C)n1C. The molecule has 2 aromatic rings. The monoisotopic (exact) mass is 442 g/mol. The summed E-state index contributed by atoms with van der Waals surface area (Å²) in [6.07, 6.45) is 1.67. The molecule has 0 spiro atoms. The van der Waals surface area contributed by atoms with Crippen molar-refractivity contribution in [1.29, 1.82) is 0 Å². The summed E-state index contributed by atoms with van der Waals surface area (Å²) >= 11 is 0. The zero-order valence-corrected chi connectivity index (χ0v) is 19.3. The molecule has 1 aliphatic heterocycles. The molecule has 8 heteroatoms. The van der Waals surface area contributed by atoms with Crippen molar-refractivity contribution in [2.45, 2.75) is 32.8 Å². The highest BCUT2D eigenvalue weighted by Crippen LogP contribution is 2.24. The minimum absolute atomic E-state index is 0.103. The Balaban J connectivity index is 1.89. The zero-order valence-electron chi connectivity index (χ0n) is 19.3. The Morgan fingerprint density at radius 1 is 1.16 bits per heavy atom.